The molecule has 2 unspecified atom stereocenters. The van der Waals surface area contributed by atoms with Gasteiger partial charge in [-0.05, 0) is 102 Å². The van der Waals surface area contributed by atoms with Crippen LogP contribution in [0.4, 0.5) is 11.5 Å². The molecule has 37 heavy (non-hydrogen) atoms. The number of aromatic nitrogens is 1. The number of carboxylic acids is 1. The van der Waals surface area contributed by atoms with Crippen LogP contribution in [0.1, 0.15) is 48.1 Å². The van der Waals surface area contributed by atoms with Crippen molar-refractivity contribution in [1.29, 1.82) is 0 Å². The maximum Gasteiger partial charge on any atom is 0.330 e. The van der Waals surface area contributed by atoms with Crippen molar-refractivity contribution in [3.05, 3.63) is 46.1 Å². The average molecular weight is 510 g/mol. The SMILES string of the molecule is CCNc1cccnc1N1CCN(CC(C(=O)O)(c2c(C)c(C)c3c(c2C)CCC(C)O3)N(C)C)CC1. The molecule has 0 amide bonds. The number of rotatable bonds is 8. The molecule has 2 aliphatic heterocycles. The number of ether oxygens (including phenoxy) is 1. The molecule has 8 nitrogen and oxygen atoms in total. The second kappa shape index (κ2) is 10.9. The van der Waals surface area contributed by atoms with Crippen molar-refractivity contribution in [1.82, 2.24) is 14.8 Å². The Bertz CT molecular complexity index is 1140. The third-order valence-corrected chi connectivity index (χ3v) is 8.31. The van der Waals surface area contributed by atoms with Gasteiger partial charge >= 0.3 is 5.97 Å². The van der Waals surface area contributed by atoms with Gasteiger partial charge in [-0.2, -0.15) is 0 Å². The molecule has 8 heteroatoms. The van der Waals surface area contributed by atoms with Gasteiger partial charge in [0.25, 0.3) is 0 Å². The average Bonchev–Trinajstić information content (AvgIpc) is 2.87. The molecule has 0 radical (unpaired) electrons. The minimum atomic E-state index is -1.17. The lowest BCUT2D eigenvalue weighted by Gasteiger charge is -2.45. The molecule has 2 aliphatic rings. The highest BCUT2D eigenvalue weighted by Crippen LogP contribution is 2.43. The van der Waals surface area contributed by atoms with Gasteiger partial charge < -0.3 is 20.1 Å². The minimum absolute atomic E-state index is 0.178. The molecule has 0 bridgehead atoms. The van der Waals surface area contributed by atoms with Gasteiger partial charge in [-0.15, -0.1) is 0 Å². The maximum absolute atomic E-state index is 13.2. The summed E-state index contributed by atoms with van der Waals surface area (Å²) in [5, 5.41) is 14.3. The number of nitrogens with zero attached hydrogens (tertiary/aromatic N) is 4. The van der Waals surface area contributed by atoms with E-state index in [1.165, 1.54) is 5.56 Å². The van der Waals surface area contributed by atoms with Gasteiger partial charge in [0.05, 0.1) is 11.8 Å². The molecule has 0 spiro atoms. The predicted octanol–water partition coefficient (Wildman–Crippen LogP) is 3.82. The van der Waals surface area contributed by atoms with E-state index in [0.29, 0.717) is 6.54 Å². The Labute approximate surface area is 221 Å². The van der Waals surface area contributed by atoms with E-state index >= 15 is 0 Å². The fourth-order valence-electron chi connectivity index (χ4n) is 6.10. The summed E-state index contributed by atoms with van der Waals surface area (Å²) in [7, 11) is 3.79. The van der Waals surface area contributed by atoms with Crippen molar-refractivity contribution < 1.29 is 14.6 Å². The van der Waals surface area contributed by atoms with Gasteiger partial charge in [0.15, 0.2) is 11.4 Å². The van der Waals surface area contributed by atoms with E-state index in [-0.39, 0.29) is 6.10 Å². The molecule has 1 aromatic carbocycles. The number of piperazine rings is 1. The van der Waals surface area contributed by atoms with Crippen molar-refractivity contribution in [3.8, 4) is 5.75 Å². The second-order valence-corrected chi connectivity index (χ2v) is 10.8. The van der Waals surface area contributed by atoms with Gasteiger partial charge in [0.2, 0.25) is 0 Å². The summed E-state index contributed by atoms with van der Waals surface area (Å²) in [5.74, 6) is 1.11. The number of hydrogen-bond acceptors (Lipinski definition) is 7. The summed E-state index contributed by atoms with van der Waals surface area (Å²) >= 11 is 0. The molecule has 2 N–H and O–H groups in total. The van der Waals surface area contributed by atoms with Crippen LogP contribution in [0.15, 0.2) is 18.3 Å². The number of fused-ring (bicyclic) bond motifs is 1. The van der Waals surface area contributed by atoms with E-state index in [1.807, 2.05) is 31.3 Å². The van der Waals surface area contributed by atoms with Crippen LogP contribution in [0, 0.1) is 20.8 Å². The van der Waals surface area contributed by atoms with Crippen LogP contribution in [0.25, 0.3) is 0 Å². The summed E-state index contributed by atoms with van der Waals surface area (Å²) in [6.07, 6.45) is 3.87. The topological polar surface area (TPSA) is 81.2 Å². The molecule has 3 heterocycles. The van der Waals surface area contributed by atoms with E-state index in [2.05, 4.69) is 60.8 Å². The number of aliphatic carboxylic acids is 1. The number of anilines is 2. The molecule has 2 aromatic rings. The molecule has 1 fully saturated rings. The zero-order valence-electron chi connectivity index (χ0n) is 23.5. The van der Waals surface area contributed by atoms with E-state index in [0.717, 1.165) is 85.1 Å². The van der Waals surface area contributed by atoms with Crippen molar-refractivity contribution in [2.45, 2.75) is 59.1 Å². The van der Waals surface area contributed by atoms with E-state index in [9.17, 15) is 9.90 Å². The van der Waals surface area contributed by atoms with Crippen LogP contribution in [0.3, 0.4) is 0 Å². The van der Waals surface area contributed by atoms with E-state index in [4.69, 9.17) is 4.74 Å². The summed E-state index contributed by atoms with van der Waals surface area (Å²) in [6, 6.07) is 4.01. The number of carbonyl (C=O) groups is 1. The molecule has 1 saturated heterocycles. The first-order valence-corrected chi connectivity index (χ1v) is 13.5. The monoisotopic (exact) mass is 509 g/mol. The Kier molecular flexibility index (Phi) is 7.99. The standard InChI is InChI=1S/C29H43N5O3/c1-8-30-24-10-9-13-31-27(24)34-16-14-33(15-17-34)18-29(28(35)36,32(6)7)25-20(3)21(4)26-23(22(25)5)12-11-19(2)37-26/h9-10,13,19,30H,8,11-12,14-18H2,1-7H3,(H,35,36). The highest BCUT2D eigenvalue weighted by molar-refractivity contribution is 5.83. The lowest BCUT2D eigenvalue weighted by atomic mass is 9.77. The summed E-state index contributed by atoms with van der Waals surface area (Å²) in [4.78, 5) is 24.4. The van der Waals surface area contributed by atoms with Crippen molar-refractivity contribution in [2.24, 2.45) is 0 Å². The van der Waals surface area contributed by atoms with Gasteiger partial charge in [-0.3, -0.25) is 9.80 Å². The van der Waals surface area contributed by atoms with E-state index in [1.54, 1.807) is 0 Å². The lowest BCUT2D eigenvalue weighted by molar-refractivity contribution is -0.152. The molecule has 1 aromatic heterocycles. The molecular weight excluding hydrogens is 466 g/mol. The van der Waals surface area contributed by atoms with Crippen LogP contribution < -0.4 is 15.0 Å². The third kappa shape index (κ3) is 4.89. The fourth-order valence-corrected chi connectivity index (χ4v) is 6.10. The summed E-state index contributed by atoms with van der Waals surface area (Å²) in [5.41, 5.74) is 5.09. The smallest absolute Gasteiger partial charge is 0.330 e. The summed E-state index contributed by atoms with van der Waals surface area (Å²) < 4.78 is 6.26. The first-order valence-electron chi connectivity index (χ1n) is 13.5. The molecular formula is C29H43N5O3. The predicted molar refractivity (Wildman–Crippen MR) is 149 cm³/mol. The quantitative estimate of drug-likeness (QED) is 0.556. The maximum atomic E-state index is 13.2. The normalized spacial score (nSPS) is 19.8. The number of benzene rings is 1. The third-order valence-electron chi connectivity index (χ3n) is 8.31. The minimum Gasteiger partial charge on any atom is -0.490 e. The summed E-state index contributed by atoms with van der Waals surface area (Å²) in [6.45, 7) is 14.8. The first kappa shape index (κ1) is 27.2. The van der Waals surface area contributed by atoms with Crippen molar-refractivity contribution in [3.63, 3.8) is 0 Å². The van der Waals surface area contributed by atoms with E-state index < -0.39 is 11.5 Å². The van der Waals surface area contributed by atoms with Crippen molar-refractivity contribution >= 4 is 17.5 Å². The van der Waals surface area contributed by atoms with Gasteiger partial charge in [0, 0.05) is 45.5 Å². The zero-order chi connectivity index (χ0) is 26.9. The van der Waals surface area contributed by atoms with Crippen LogP contribution >= 0.6 is 0 Å². The fraction of sp³-hybridized carbons (Fsp3) is 0.586. The Morgan fingerprint density at radius 3 is 2.51 bits per heavy atom. The van der Waals surface area contributed by atoms with Crippen LogP contribution in [0.2, 0.25) is 0 Å². The van der Waals surface area contributed by atoms with Gasteiger partial charge in [0.1, 0.15) is 5.75 Å². The first-order chi connectivity index (χ1) is 17.6. The van der Waals surface area contributed by atoms with Crippen LogP contribution in [0.5, 0.6) is 5.75 Å². The largest absolute Gasteiger partial charge is 0.490 e. The highest BCUT2D eigenvalue weighted by atomic mass is 16.5. The van der Waals surface area contributed by atoms with Gasteiger partial charge in [-0.1, -0.05) is 0 Å². The number of carboxylic acid groups (broad SMARTS) is 1. The van der Waals surface area contributed by atoms with Crippen LogP contribution in [-0.4, -0.2) is 85.3 Å². The number of likely N-dealkylation sites (N-methyl/N-ethyl adjacent to an activating group) is 1. The Morgan fingerprint density at radius 1 is 1.19 bits per heavy atom. The number of pyridine rings is 1. The lowest BCUT2D eigenvalue weighted by Crippen LogP contribution is -2.59. The number of nitrogens with one attached hydrogen (secondary N) is 1. The Balaban J connectivity index is 1.66. The zero-order valence-corrected chi connectivity index (χ0v) is 23.5. The highest BCUT2D eigenvalue weighted by Gasteiger charge is 2.48. The van der Waals surface area contributed by atoms with Gasteiger partial charge in [-0.25, -0.2) is 9.78 Å². The molecule has 202 valence electrons. The molecule has 0 aliphatic carbocycles. The molecule has 0 saturated carbocycles. The Morgan fingerprint density at radius 2 is 1.89 bits per heavy atom. The molecule has 4 rings (SSSR count). The van der Waals surface area contributed by atoms with Crippen LogP contribution in [-0.2, 0) is 16.8 Å². The molecule has 2 atom stereocenters. The second-order valence-electron chi connectivity index (χ2n) is 10.8. The number of hydrogen-bond donors (Lipinski definition) is 2. The van der Waals surface area contributed by atoms with Crippen molar-refractivity contribution in [2.75, 3.05) is 63.6 Å². The Hall–Kier alpha value is -2.84.